The van der Waals surface area contributed by atoms with Crippen LogP contribution in [0.15, 0.2) is 36.5 Å². The van der Waals surface area contributed by atoms with E-state index >= 15 is 0 Å². The average molecular weight is 222 g/mol. The molecule has 16 heavy (non-hydrogen) atoms. The number of hydrogen-bond donors (Lipinski definition) is 1. The molecule has 1 unspecified atom stereocenters. The highest BCUT2D eigenvalue weighted by molar-refractivity contribution is 5.78. The summed E-state index contributed by atoms with van der Waals surface area (Å²) < 4.78 is 24.6. The van der Waals surface area contributed by atoms with E-state index in [-0.39, 0.29) is 6.42 Å². The van der Waals surface area contributed by atoms with Crippen molar-refractivity contribution < 1.29 is 8.78 Å². The molecule has 0 aliphatic heterocycles. The fourth-order valence-electron chi connectivity index (χ4n) is 1.61. The van der Waals surface area contributed by atoms with Crippen LogP contribution in [-0.4, -0.2) is 17.5 Å². The zero-order chi connectivity index (χ0) is 11.5. The zero-order valence-electron chi connectivity index (χ0n) is 8.61. The van der Waals surface area contributed by atoms with Crippen LogP contribution in [0.3, 0.4) is 0 Å². The Labute approximate surface area is 92.1 Å². The van der Waals surface area contributed by atoms with E-state index in [9.17, 15) is 8.78 Å². The summed E-state index contributed by atoms with van der Waals surface area (Å²) in [5, 5.41) is 0.946. The molecule has 0 saturated heterocycles. The Morgan fingerprint density at radius 3 is 2.81 bits per heavy atom. The molecule has 84 valence electrons. The SMILES string of the molecule is NC(Cc1ccc2ncccc2c1)C(F)F. The van der Waals surface area contributed by atoms with E-state index < -0.39 is 12.5 Å². The average Bonchev–Trinajstić information content (AvgIpc) is 2.28. The van der Waals surface area contributed by atoms with Crippen molar-refractivity contribution in [2.45, 2.75) is 18.9 Å². The lowest BCUT2D eigenvalue weighted by molar-refractivity contribution is 0.116. The van der Waals surface area contributed by atoms with Crippen molar-refractivity contribution in [2.75, 3.05) is 0 Å². The Morgan fingerprint density at radius 2 is 2.06 bits per heavy atom. The van der Waals surface area contributed by atoms with Crippen molar-refractivity contribution in [3.05, 3.63) is 42.1 Å². The van der Waals surface area contributed by atoms with Crippen LogP contribution in [0.25, 0.3) is 10.9 Å². The highest BCUT2D eigenvalue weighted by atomic mass is 19.3. The first-order valence-corrected chi connectivity index (χ1v) is 5.04. The Morgan fingerprint density at radius 1 is 1.25 bits per heavy atom. The van der Waals surface area contributed by atoms with Gasteiger partial charge in [0.25, 0.3) is 6.43 Å². The van der Waals surface area contributed by atoms with Gasteiger partial charge in [-0.3, -0.25) is 4.98 Å². The van der Waals surface area contributed by atoms with Gasteiger partial charge in [0.1, 0.15) is 0 Å². The maximum atomic E-state index is 12.3. The van der Waals surface area contributed by atoms with Crippen LogP contribution in [0, 0.1) is 0 Å². The molecule has 0 aliphatic carbocycles. The van der Waals surface area contributed by atoms with E-state index in [1.165, 1.54) is 0 Å². The summed E-state index contributed by atoms with van der Waals surface area (Å²) in [7, 11) is 0. The van der Waals surface area contributed by atoms with Crippen molar-refractivity contribution in [3.8, 4) is 0 Å². The minimum Gasteiger partial charge on any atom is -0.323 e. The van der Waals surface area contributed by atoms with Gasteiger partial charge in [-0.1, -0.05) is 12.1 Å². The number of nitrogens with two attached hydrogens (primary N) is 1. The van der Waals surface area contributed by atoms with Gasteiger partial charge >= 0.3 is 0 Å². The number of halogens is 2. The van der Waals surface area contributed by atoms with Crippen molar-refractivity contribution >= 4 is 10.9 Å². The molecule has 0 radical (unpaired) electrons. The van der Waals surface area contributed by atoms with E-state index in [1.807, 2.05) is 24.3 Å². The number of rotatable bonds is 3. The number of aromatic nitrogens is 1. The summed E-state index contributed by atoms with van der Waals surface area (Å²) >= 11 is 0. The number of nitrogens with zero attached hydrogens (tertiary/aromatic N) is 1. The monoisotopic (exact) mass is 222 g/mol. The second-order valence-electron chi connectivity index (χ2n) is 3.73. The molecule has 0 fully saturated rings. The number of hydrogen-bond acceptors (Lipinski definition) is 2. The first-order chi connectivity index (χ1) is 7.66. The molecule has 2 N–H and O–H groups in total. The van der Waals surface area contributed by atoms with Gasteiger partial charge in [0.15, 0.2) is 0 Å². The van der Waals surface area contributed by atoms with Gasteiger partial charge in [-0.25, -0.2) is 8.78 Å². The van der Waals surface area contributed by atoms with Crippen LogP contribution in [0.1, 0.15) is 5.56 Å². The lowest BCUT2D eigenvalue weighted by Gasteiger charge is -2.10. The molecule has 2 rings (SSSR count). The molecular formula is C12H12F2N2. The smallest absolute Gasteiger partial charge is 0.253 e. The van der Waals surface area contributed by atoms with E-state index in [0.29, 0.717) is 0 Å². The van der Waals surface area contributed by atoms with Gasteiger partial charge in [0.2, 0.25) is 0 Å². The van der Waals surface area contributed by atoms with Crippen LogP contribution in [0.2, 0.25) is 0 Å². The Kier molecular flexibility index (Phi) is 3.10. The largest absolute Gasteiger partial charge is 0.323 e. The van der Waals surface area contributed by atoms with Crippen LogP contribution in [0.4, 0.5) is 8.78 Å². The summed E-state index contributed by atoms with van der Waals surface area (Å²) in [6.45, 7) is 0. The fraction of sp³-hybridized carbons (Fsp3) is 0.250. The molecule has 1 heterocycles. The summed E-state index contributed by atoms with van der Waals surface area (Å²) in [4.78, 5) is 4.16. The van der Waals surface area contributed by atoms with E-state index in [2.05, 4.69) is 4.98 Å². The summed E-state index contributed by atoms with van der Waals surface area (Å²) in [6.07, 6.45) is -0.598. The van der Waals surface area contributed by atoms with Crippen molar-refractivity contribution in [1.29, 1.82) is 0 Å². The summed E-state index contributed by atoms with van der Waals surface area (Å²) in [5.74, 6) is 0. The van der Waals surface area contributed by atoms with Gasteiger partial charge < -0.3 is 5.73 Å². The first-order valence-electron chi connectivity index (χ1n) is 5.04. The van der Waals surface area contributed by atoms with E-state index in [4.69, 9.17) is 5.73 Å². The van der Waals surface area contributed by atoms with Crippen LogP contribution in [0.5, 0.6) is 0 Å². The normalized spacial score (nSPS) is 13.2. The third kappa shape index (κ3) is 2.33. The molecular weight excluding hydrogens is 210 g/mol. The molecule has 1 aromatic carbocycles. The number of alkyl halides is 2. The number of benzene rings is 1. The van der Waals surface area contributed by atoms with Gasteiger partial charge in [-0.05, 0) is 30.2 Å². The zero-order valence-corrected chi connectivity index (χ0v) is 8.61. The lowest BCUT2D eigenvalue weighted by Crippen LogP contribution is -2.30. The van der Waals surface area contributed by atoms with Gasteiger partial charge in [-0.15, -0.1) is 0 Å². The Balaban J connectivity index is 2.26. The van der Waals surface area contributed by atoms with Crippen molar-refractivity contribution in [2.24, 2.45) is 5.73 Å². The Hall–Kier alpha value is -1.55. The first kappa shape index (κ1) is 11.0. The van der Waals surface area contributed by atoms with Gasteiger partial charge in [-0.2, -0.15) is 0 Å². The van der Waals surface area contributed by atoms with E-state index in [0.717, 1.165) is 16.5 Å². The molecule has 2 aromatic rings. The molecule has 0 saturated carbocycles. The predicted molar refractivity (Wildman–Crippen MR) is 59.4 cm³/mol. The minimum atomic E-state index is -2.48. The van der Waals surface area contributed by atoms with Crippen LogP contribution in [-0.2, 0) is 6.42 Å². The third-order valence-electron chi connectivity index (χ3n) is 2.46. The second kappa shape index (κ2) is 4.53. The molecule has 0 amide bonds. The maximum Gasteiger partial charge on any atom is 0.253 e. The number of fused-ring (bicyclic) bond motifs is 1. The van der Waals surface area contributed by atoms with Crippen molar-refractivity contribution in [3.63, 3.8) is 0 Å². The summed E-state index contributed by atoms with van der Waals surface area (Å²) in [5.41, 5.74) is 7.00. The van der Waals surface area contributed by atoms with E-state index in [1.54, 1.807) is 12.3 Å². The molecule has 0 aliphatic rings. The van der Waals surface area contributed by atoms with Crippen molar-refractivity contribution in [1.82, 2.24) is 4.98 Å². The van der Waals surface area contributed by atoms with Gasteiger partial charge in [0.05, 0.1) is 11.6 Å². The third-order valence-corrected chi connectivity index (χ3v) is 2.46. The molecule has 0 bridgehead atoms. The quantitative estimate of drug-likeness (QED) is 0.865. The van der Waals surface area contributed by atoms with Crippen LogP contribution >= 0.6 is 0 Å². The van der Waals surface area contributed by atoms with Crippen LogP contribution < -0.4 is 5.73 Å². The predicted octanol–water partition coefficient (Wildman–Crippen LogP) is 2.37. The molecule has 1 atom stereocenters. The molecule has 1 aromatic heterocycles. The lowest BCUT2D eigenvalue weighted by atomic mass is 10.0. The Bertz CT molecular complexity index is 485. The molecule has 4 heteroatoms. The molecule has 0 spiro atoms. The van der Waals surface area contributed by atoms with Gasteiger partial charge in [0, 0.05) is 11.6 Å². The highest BCUT2D eigenvalue weighted by Crippen LogP contribution is 2.15. The molecule has 2 nitrogen and oxygen atoms in total. The minimum absolute atomic E-state index is 0.183. The highest BCUT2D eigenvalue weighted by Gasteiger charge is 2.15. The maximum absolute atomic E-state index is 12.3. The topological polar surface area (TPSA) is 38.9 Å². The fourth-order valence-corrected chi connectivity index (χ4v) is 1.61. The second-order valence-corrected chi connectivity index (χ2v) is 3.73. The standard InChI is InChI=1S/C12H12F2N2/c13-12(14)10(15)7-8-3-4-11-9(6-8)2-1-5-16-11/h1-6,10,12H,7,15H2. The summed E-state index contributed by atoms with van der Waals surface area (Å²) in [6, 6.07) is 8.08. The number of pyridine rings is 1.